The number of benzene rings is 1. The van der Waals surface area contributed by atoms with Crippen molar-refractivity contribution in [1.82, 2.24) is 5.32 Å². The molecule has 1 atom stereocenters. The smallest absolute Gasteiger partial charge is 0.236 e. The van der Waals surface area contributed by atoms with Crippen LogP contribution in [0.3, 0.4) is 0 Å². The maximum Gasteiger partial charge on any atom is 0.236 e. The third-order valence-corrected chi connectivity index (χ3v) is 5.15. The highest BCUT2D eigenvalue weighted by atomic mass is 79.9. The molecule has 100 valence electrons. The normalized spacial score (nSPS) is 20.7. The van der Waals surface area contributed by atoms with E-state index in [1.807, 2.05) is 0 Å². The van der Waals surface area contributed by atoms with Gasteiger partial charge in [-0.15, -0.1) is 0 Å². The number of halogens is 2. The molecule has 1 saturated heterocycles. The average Bonchev–Trinajstić information content (AvgIpc) is 2.34. The van der Waals surface area contributed by atoms with Crippen LogP contribution in [0.1, 0.15) is 12.8 Å². The van der Waals surface area contributed by atoms with Gasteiger partial charge in [-0.2, -0.15) is 0 Å². The van der Waals surface area contributed by atoms with E-state index < -0.39 is 21.1 Å². The number of rotatable bonds is 3. The molecule has 1 fully saturated rings. The highest BCUT2D eigenvalue weighted by molar-refractivity contribution is 9.10. The van der Waals surface area contributed by atoms with Crippen molar-refractivity contribution in [3.8, 4) is 0 Å². The molecule has 0 bridgehead atoms. The molecule has 1 aliphatic rings. The zero-order valence-corrected chi connectivity index (χ0v) is 12.0. The molecular weight excluding hydrogens is 323 g/mol. The summed E-state index contributed by atoms with van der Waals surface area (Å²) in [7, 11) is -3.54. The first-order chi connectivity index (χ1) is 8.49. The summed E-state index contributed by atoms with van der Waals surface area (Å²) >= 11 is 3.13. The molecule has 0 aliphatic carbocycles. The van der Waals surface area contributed by atoms with E-state index in [1.165, 1.54) is 12.1 Å². The molecular formula is C11H14BrFN2O2S. The molecule has 1 aliphatic heterocycles. The minimum Gasteiger partial charge on any atom is -0.315 e. The zero-order chi connectivity index (χ0) is 13.2. The average molecular weight is 337 g/mol. The Labute approximate surface area is 114 Å². The highest BCUT2D eigenvalue weighted by Crippen LogP contribution is 2.22. The number of hydrogen-bond acceptors (Lipinski definition) is 3. The topological polar surface area (TPSA) is 58.2 Å². The largest absolute Gasteiger partial charge is 0.315 e. The van der Waals surface area contributed by atoms with E-state index in [9.17, 15) is 12.8 Å². The van der Waals surface area contributed by atoms with Crippen LogP contribution < -0.4 is 10.0 Å². The van der Waals surface area contributed by atoms with Crippen LogP contribution in [0.25, 0.3) is 0 Å². The van der Waals surface area contributed by atoms with Crippen LogP contribution in [0.15, 0.2) is 22.7 Å². The molecule has 0 radical (unpaired) electrons. The van der Waals surface area contributed by atoms with Gasteiger partial charge in [-0.05, 0) is 37.6 Å². The Kier molecular flexibility index (Phi) is 4.24. The predicted octanol–water partition coefficient (Wildman–Crippen LogP) is 2.08. The van der Waals surface area contributed by atoms with Gasteiger partial charge in [0.25, 0.3) is 0 Å². The number of piperidine rings is 1. The summed E-state index contributed by atoms with van der Waals surface area (Å²) in [6.45, 7) is 1.24. The third-order valence-electron chi connectivity index (χ3n) is 2.87. The molecule has 2 rings (SSSR count). The lowest BCUT2D eigenvalue weighted by molar-refractivity contribution is 0.499. The van der Waals surface area contributed by atoms with E-state index in [2.05, 4.69) is 26.0 Å². The second-order valence-electron chi connectivity index (χ2n) is 4.24. The Hall–Kier alpha value is -0.660. The van der Waals surface area contributed by atoms with Crippen LogP contribution in [0.4, 0.5) is 10.1 Å². The molecule has 1 heterocycles. The van der Waals surface area contributed by atoms with Crippen molar-refractivity contribution < 1.29 is 12.8 Å². The summed E-state index contributed by atoms with van der Waals surface area (Å²) in [5.41, 5.74) is -0.0104. The van der Waals surface area contributed by atoms with Gasteiger partial charge in [-0.3, -0.25) is 4.72 Å². The van der Waals surface area contributed by atoms with Gasteiger partial charge in [0.2, 0.25) is 10.0 Å². The van der Waals surface area contributed by atoms with Crippen molar-refractivity contribution in [2.75, 3.05) is 17.8 Å². The van der Waals surface area contributed by atoms with Crippen LogP contribution in [-0.4, -0.2) is 26.8 Å². The first kappa shape index (κ1) is 13.8. The summed E-state index contributed by atoms with van der Waals surface area (Å²) in [6, 6.07) is 4.24. The van der Waals surface area contributed by atoms with Crippen LogP contribution in [0, 0.1) is 5.82 Å². The van der Waals surface area contributed by atoms with Crippen LogP contribution >= 0.6 is 15.9 Å². The summed E-state index contributed by atoms with van der Waals surface area (Å²) in [5, 5.41) is 2.52. The van der Waals surface area contributed by atoms with Crippen LogP contribution in [-0.2, 0) is 10.0 Å². The highest BCUT2D eigenvalue weighted by Gasteiger charge is 2.27. The third kappa shape index (κ3) is 3.21. The van der Waals surface area contributed by atoms with Crippen LogP contribution in [0.5, 0.6) is 0 Å². The molecule has 1 unspecified atom stereocenters. The number of hydrogen-bond donors (Lipinski definition) is 2. The SMILES string of the molecule is O=S(=O)(Nc1ccc(Br)cc1F)C1CCCNC1. The lowest BCUT2D eigenvalue weighted by Gasteiger charge is -2.23. The van der Waals surface area contributed by atoms with Crippen molar-refractivity contribution in [3.05, 3.63) is 28.5 Å². The first-order valence-corrected chi connectivity index (χ1v) is 8.00. The molecule has 7 heteroatoms. The monoisotopic (exact) mass is 336 g/mol. The molecule has 18 heavy (non-hydrogen) atoms. The van der Waals surface area contributed by atoms with Gasteiger partial charge in [0.15, 0.2) is 0 Å². The maximum absolute atomic E-state index is 13.6. The van der Waals surface area contributed by atoms with Crippen molar-refractivity contribution in [2.24, 2.45) is 0 Å². The lowest BCUT2D eigenvalue weighted by atomic mass is 10.2. The predicted molar refractivity (Wildman–Crippen MR) is 72.5 cm³/mol. The van der Waals surface area contributed by atoms with Gasteiger partial charge in [-0.25, -0.2) is 12.8 Å². The van der Waals surface area contributed by atoms with Gasteiger partial charge >= 0.3 is 0 Å². The van der Waals surface area contributed by atoms with Crippen molar-refractivity contribution in [1.29, 1.82) is 0 Å². The Morgan fingerprint density at radius 3 is 2.83 bits per heavy atom. The lowest BCUT2D eigenvalue weighted by Crippen LogP contribution is -2.41. The molecule has 1 aromatic rings. The second-order valence-corrected chi connectivity index (χ2v) is 7.12. The number of nitrogens with one attached hydrogen (secondary N) is 2. The zero-order valence-electron chi connectivity index (χ0n) is 9.62. The van der Waals surface area contributed by atoms with E-state index in [-0.39, 0.29) is 5.69 Å². The summed E-state index contributed by atoms with van der Waals surface area (Å²) in [5.74, 6) is -0.586. The first-order valence-electron chi connectivity index (χ1n) is 5.66. The van der Waals surface area contributed by atoms with E-state index in [0.29, 0.717) is 17.4 Å². The summed E-state index contributed by atoms with van der Waals surface area (Å²) < 4.78 is 40.6. The Morgan fingerprint density at radius 1 is 1.44 bits per heavy atom. The number of sulfonamides is 1. The second kappa shape index (κ2) is 5.54. The van der Waals surface area contributed by atoms with Crippen molar-refractivity contribution in [3.63, 3.8) is 0 Å². The molecule has 2 N–H and O–H groups in total. The van der Waals surface area contributed by atoms with Gasteiger partial charge in [0.05, 0.1) is 10.9 Å². The minimum absolute atomic E-state index is 0.0104. The van der Waals surface area contributed by atoms with Crippen molar-refractivity contribution in [2.45, 2.75) is 18.1 Å². The number of anilines is 1. The van der Waals surface area contributed by atoms with Gasteiger partial charge in [0, 0.05) is 11.0 Å². The molecule has 0 aromatic heterocycles. The maximum atomic E-state index is 13.6. The Morgan fingerprint density at radius 2 is 2.22 bits per heavy atom. The summed E-state index contributed by atoms with van der Waals surface area (Å²) in [6.07, 6.45) is 1.41. The molecule has 1 aromatic carbocycles. The molecule has 4 nitrogen and oxygen atoms in total. The Bertz CT molecular complexity index is 530. The fraction of sp³-hybridized carbons (Fsp3) is 0.455. The minimum atomic E-state index is -3.54. The van der Waals surface area contributed by atoms with E-state index in [4.69, 9.17) is 0 Å². The fourth-order valence-electron chi connectivity index (χ4n) is 1.89. The van der Waals surface area contributed by atoms with Gasteiger partial charge in [-0.1, -0.05) is 15.9 Å². The van der Waals surface area contributed by atoms with Gasteiger partial charge < -0.3 is 5.32 Å². The van der Waals surface area contributed by atoms with Gasteiger partial charge in [0.1, 0.15) is 5.82 Å². The molecule has 0 saturated carbocycles. The van der Waals surface area contributed by atoms with Crippen molar-refractivity contribution >= 4 is 31.6 Å². The fourth-order valence-corrected chi connectivity index (χ4v) is 3.68. The molecule has 0 spiro atoms. The van der Waals surface area contributed by atoms with Crippen LogP contribution in [0.2, 0.25) is 0 Å². The Balaban J connectivity index is 2.16. The van der Waals surface area contributed by atoms with E-state index in [0.717, 1.165) is 13.0 Å². The standard InChI is InChI=1S/C11H14BrFN2O2S/c12-8-3-4-11(10(13)6-8)15-18(16,17)9-2-1-5-14-7-9/h3-4,6,9,14-15H,1-2,5,7H2. The molecule has 0 amide bonds. The summed E-state index contributed by atoms with van der Waals surface area (Å²) in [4.78, 5) is 0. The quantitative estimate of drug-likeness (QED) is 0.888. The van der Waals surface area contributed by atoms with E-state index >= 15 is 0 Å². The van der Waals surface area contributed by atoms with E-state index in [1.54, 1.807) is 6.07 Å².